The lowest BCUT2D eigenvalue weighted by molar-refractivity contribution is 0.293. The second-order valence-corrected chi connectivity index (χ2v) is 6.39. The minimum Gasteiger partial charge on any atom is -0.473 e. The Morgan fingerprint density at radius 2 is 1.82 bits per heavy atom. The van der Waals surface area contributed by atoms with E-state index < -0.39 is 0 Å². The van der Waals surface area contributed by atoms with Gasteiger partial charge in [-0.2, -0.15) is 14.5 Å². The van der Waals surface area contributed by atoms with Gasteiger partial charge in [0.2, 0.25) is 5.88 Å². The van der Waals surface area contributed by atoms with Gasteiger partial charge in [0.25, 0.3) is 0 Å². The summed E-state index contributed by atoms with van der Waals surface area (Å²) in [4.78, 5) is 16.8. The lowest BCUT2D eigenvalue weighted by Gasteiger charge is -2.12. The maximum atomic E-state index is 12.2. The summed E-state index contributed by atoms with van der Waals surface area (Å²) in [5, 5.41) is 12.1. The molecule has 0 atom stereocenters. The van der Waals surface area contributed by atoms with Crippen LogP contribution in [0.25, 0.3) is 17.1 Å². The van der Waals surface area contributed by atoms with Crippen molar-refractivity contribution >= 4 is 0 Å². The standard InChI is InChI=1S/C19H19N7O2/c1-13-6-4-8-17(26-19(27)25(3)22-23-26)14(13)12-28-18-9-5-7-15(20-18)16-10-11-24(2)21-16/h4-11H,12H2,1-3H3. The molecule has 0 amide bonds. The molecule has 0 fully saturated rings. The highest BCUT2D eigenvalue weighted by Gasteiger charge is 2.14. The third-order valence-electron chi connectivity index (χ3n) is 4.40. The molecule has 0 saturated carbocycles. The molecule has 0 spiro atoms. The molecule has 0 aliphatic carbocycles. The number of hydrogen-bond donors (Lipinski definition) is 0. The van der Waals surface area contributed by atoms with E-state index in [9.17, 15) is 4.79 Å². The molecule has 4 aromatic rings. The predicted molar refractivity (Wildman–Crippen MR) is 102 cm³/mol. The van der Waals surface area contributed by atoms with Crippen LogP contribution in [0, 0.1) is 6.92 Å². The maximum absolute atomic E-state index is 12.2. The van der Waals surface area contributed by atoms with Crippen molar-refractivity contribution in [3.05, 3.63) is 70.3 Å². The van der Waals surface area contributed by atoms with Crippen LogP contribution in [0.2, 0.25) is 0 Å². The third-order valence-corrected chi connectivity index (χ3v) is 4.40. The minimum atomic E-state index is -0.317. The molecule has 28 heavy (non-hydrogen) atoms. The van der Waals surface area contributed by atoms with E-state index in [0.29, 0.717) is 11.6 Å². The van der Waals surface area contributed by atoms with Crippen molar-refractivity contribution < 1.29 is 4.74 Å². The summed E-state index contributed by atoms with van der Waals surface area (Å²) in [7, 11) is 3.42. The number of pyridine rings is 1. The first-order valence-corrected chi connectivity index (χ1v) is 8.70. The van der Waals surface area contributed by atoms with E-state index in [0.717, 1.165) is 22.5 Å². The van der Waals surface area contributed by atoms with Crippen molar-refractivity contribution in [3.8, 4) is 23.0 Å². The molecule has 3 aromatic heterocycles. The fraction of sp³-hybridized carbons (Fsp3) is 0.211. The van der Waals surface area contributed by atoms with E-state index in [-0.39, 0.29) is 12.3 Å². The van der Waals surface area contributed by atoms with Gasteiger partial charge in [0.05, 0.1) is 11.4 Å². The van der Waals surface area contributed by atoms with E-state index in [1.54, 1.807) is 17.8 Å². The van der Waals surface area contributed by atoms with Gasteiger partial charge in [0, 0.05) is 31.9 Å². The monoisotopic (exact) mass is 377 g/mol. The van der Waals surface area contributed by atoms with Crippen LogP contribution in [-0.4, -0.2) is 34.6 Å². The molecule has 0 aliphatic rings. The van der Waals surface area contributed by atoms with Crippen LogP contribution in [0.4, 0.5) is 0 Å². The molecule has 9 nitrogen and oxygen atoms in total. The molecule has 0 saturated heterocycles. The van der Waals surface area contributed by atoms with Crippen LogP contribution in [0.5, 0.6) is 5.88 Å². The highest BCUT2D eigenvalue weighted by atomic mass is 16.5. The van der Waals surface area contributed by atoms with Crippen molar-refractivity contribution in [1.82, 2.24) is 34.6 Å². The first-order chi connectivity index (χ1) is 13.5. The molecule has 1 aromatic carbocycles. The van der Waals surface area contributed by atoms with Gasteiger partial charge in [-0.05, 0) is 41.1 Å². The Kier molecular flexibility index (Phi) is 4.48. The minimum absolute atomic E-state index is 0.240. The van der Waals surface area contributed by atoms with Gasteiger partial charge in [-0.3, -0.25) is 4.68 Å². The smallest absolute Gasteiger partial charge is 0.368 e. The van der Waals surface area contributed by atoms with Gasteiger partial charge in [-0.15, -0.1) is 0 Å². The van der Waals surface area contributed by atoms with Crippen LogP contribution in [0.1, 0.15) is 11.1 Å². The molecule has 4 rings (SSSR count). The average molecular weight is 377 g/mol. The molecule has 9 heteroatoms. The van der Waals surface area contributed by atoms with Gasteiger partial charge < -0.3 is 4.74 Å². The molecule has 0 bridgehead atoms. The van der Waals surface area contributed by atoms with E-state index >= 15 is 0 Å². The number of hydrogen-bond acceptors (Lipinski definition) is 6. The predicted octanol–water partition coefficient (Wildman–Crippen LogP) is 1.65. The Morgan fingerprint density at radius 3 is 2.54 bits per heavy atom. The van der Waals surface area contributed by atoms with Crippen LogP contribution in [0.3, 0.4) is 0 Å². The van der Waals surface area contributed by atoms with Gasteiger partial charge in [0.1, 0.15) is 12.3 Å². The number of aryl methyl sites for hydroxylation is 3. The largest absolute Gasteiger partial charge is 0.473 e. The lowest BCUT2D eigenvalue weighted by atomic mass is 10.1. The zero-order chi connectivity index (χ0) is 19.7. The molecule has 0 radical (unpaired) electrons. The molecule has 142 valence electrons. The van der Waals surface area contributed by atoms with Crippen LogP contribution in [0.15, 0.2) is 53.5 Å². The summed E-state index contributed by atoms with van der Waals surface area (Å²) in [6, 6.07) is 13.1. The molecule has 0 unspecified atom stereocenters. The topological polar surface area (TPSA) is 92.7 Å². The fourth-order valence-electron chi connectivity index (χ4n) is 2.87. The second kappa shape index (κ2) is 7.10. The Hall–Kier alpha value is -3.75. The van der Waals surface area contributed by atoms with E-state index in [1.807, 2.05) is 56.6 Å². The summed E-state index contributed by atoms with van der Waals surface area (Å²) in [6.07, 6.45) is 1.86. The van der Waals surface area contributed by atoms with Crippen molar-refractivity contribution in [2.24, 2.45) is 14.1 Å². The van der Waals surface area contributed by atoms with Crippen LogP contribution >= 0.6 is 0 Å². The van der Waals surface area contributed by atoms with Gasteiger partial charge in [0.15, 0.2) is 0 Å². The number of nitrogens with zero attached hydrogens (tertiary/aromatic N) is 7. The van der Waals surface area contributed by atoms with E-state index in [1.165, 1.54) is 9.36 Å². The average Bonchev–Trinajstić information content (AvgIpc) is 3.27. The van der Waals surface area contributed by atoms with E-state index in [2.05, 4.69) is 20.5 Å². The molecule has 0 N–H and O–H groups in total. The number of ether oxygens (including phenoxy) is 1. The highest BCUT2D eigenvalue weighted by Crippen LogP contribution is 2.21. The molecule has 3 heterocycles. The van der Waals surface area contributed by atoms with Gasteiger partial charge in [-0.1, -0.05) is 18.2 Å². The normalized spacial score (nSPS) is 11.0. The number of benzene rings is 1. The summed E-state index contributed by atoms with van der Waals surface area (Å²) >= 11 is 0. The Labute approximate surface area is 160 Å². The van der Waals surface area contributed by atoms with Crippen molar-refractivity contribution in [3.63, 3.8) is 0 Å². The van der Waals surface area contributed by atoms with Gasteiger partial charge >= 0.3 is 5.69 Å². The Bertz CT molecular complexity index is 1190. The zero-order valence-electron chi connectivity index (χ0n) is 15.8. The summed E-state index contributed by atoms with van der Waals surface area (Å²) < 4.78 is 10.1. The summed E-state index contributed by atoms with van der Waals surface area (Å²) in [6.45, 7) is 2.20. The third kappa shape index (κ3) is 3.29. The summed E-state index contributed by atoms with van der Waals surface area (Å²) in [5.41, 5.74) is 3.65. The number of rotatable bonds is 5. The van der Waals surface area contributed by atoms with E-state index in [4.69, 9.17) is 4.74 Å². The molecular formula is C19H19N7O2. The van der Waals surface area contributed by atoms with Gasteiger partial charge in [-0.25, -0.2) is 9.78 Å². The van der Waals surface area contributed by atoms with Crippen molar-refractivity contribution in [2.45, 2.75) is 13.5 Å². The number of aromatic nitrogens is 7. The first kappa shape index (κ1) is 17.7. The molecule has 0 aliphatic heterocycles. The zero-order valence-corrected chi connectivity index (χ0v) is 15.8. The molecular weight excluding hydrogens is 358 g/mol. The highest BCUT2D eigenvalue weighted by molar-refractivity contribution is 5.54. The quantitative estimate of drug-likeness (QED) is 0.525. The van der Waals surface area contributed by atoms with Crippen molar-refractivity contribution in [1.29, 1.82) is 0 Å². The summed E-state index contributed by atoms with van der Waals surface area (Å²) in [5.74, 6) is 0.476. The lowest BCUT2D eigenvalue weighted by Crippen LogP contribution is -2.23. The maximum Gasteiger partial charge on any atom is 0.368 e. The SMILES string of the molecule is Cc1cccc(-n2nnn(C)c2=O)c1COc1cccc(-c2ccn(C)n2)n1. The Morgan fingerprint density at radius 1 is 1.00 bits per heavy atom. The second-order valence-electron chi connectivity index (χ2n) is 6.39. The first-order valence-electron chi connectivity index (χ1n) is 8.70. The van der Waals surface area contributed by atoms with Crippen LogP contribution < -0.4 is 10.4 Å². The van der Waals surface area contributed by atoms with Crippen molar-refractivity contribution in [2.75, 3.05) is 0 Å². The fourth-order valence-corrected chi connectivity index (χ4v) is 2.87. The van der Waals surface area contributed by atoms with Crippen LogP contribution in [-0.2, 0) is 20.7 Å². The number of tetrazole rings is 1. The Balaban J connectivity index is 1.63.